The summed E-state index contributed by atoms with van der Waals surface area (Å²) in [6.45, 7) is 1.94. The second kappa shape index (κ2) is 8.35. The monoisotopic (exact) mass is 469 g/mol. The van der Waals surface area contributed by atoms with Crippen LogP contribution in [-0.4, -0.2) is 32.0 Å². The van der Waals surface area contributed by atoms with Crippen molar-refractivity contribution in [1.29, 1.82) is 0 Å². The molecule has 0 aromatic heterocycles. The quantitative estimate of drug-likeness (QED) is 0.365. The molecular formula is C19H16ClNO5S3. The molecule has 3 rings (SSSR count). The predicted octanol–water partition coefficient (Wildman–Crippen LogP) is 4.40. The van der Waals surface area contributed by atoms with E-state index >= 15 is 0 Å². The van der Waals surface area contributed by atoms with Crippen LogP contribution in [0.2, 0.25) is 5.02 Å². The van der Waals surface area contributed by atoms with E-state index in [1.807, 2.05) is 31.2 Å². The minimum absolute atomic E-state index is 0.0372. The number of carbonyl (C=O) groups excluding carboxylic acids is 1. The summed E-state index contributed by atoms with van der Waals surface area (Å²) < 4.78 is 33.4. The number of halogens is 1. The molecule has 1 aliphatic rings. The highest BCUT2D eigenvalue weighted by Gasteiger charge is 2.33. The van der Waals surface area contributed by atoms with Gasteiger partial charge in [0.05, 0.1) is 29.0 Å². The average Bonchev–Trinajstić information content (AvgIpc) is 2.89. The first kappa shape index (κ1) is 21.6. The fourth-order valence-electron chi connectivity index (χ4n) is 2.66. The van der Waals surface area contributed by atoms with Gasteiger partial charge >= 0.3 is 10.1 Å². The number of nitrogens with zero attached hydrogens (tertiary/aromatic N) is 1. The van der Waals surface area contributed by atoms with Gasteiger partial charge < -0.3 is 8.92 Å². The number of thiocarbonyl (C=S) groups is 1. The third kappa shape index (κ3) is 4.92. The summed E-state index contributed by atoms with van der Waals surface area (Å²) in [4.78, 5) is 14.8. The number of hydrogen-bond acceptors (Lipinski definition) is 7. The van der Waals surface area contributed by atoms with Gasteiger partial charge in [0.15, 0.2) is 10.1 Å². The van der Waals surface area contributed by atoms with Gasteiger partial charge in [0, 0.05) is 0 Å². The van der Waals surface area contributed by atoms with E-state index in [9.17, 15) is 13.2 Å². The molecule has 2 aromatic carbocycles. The number of amides is 1. The number of anilines is 1. The number of thioether (sulfide) groups is 1. The van der Waals surface area contributed by atoms with E-state index in [0.29, 0.717) is 20.5 Å². The number of rotatable bonds is 5. The number of methoxy groups -OCH3 is 1. The summed E-state index contributed by atoms with van der Waals surface area (Å²) in [5, 5.41) is 0.0372. The van der Waals surface area contributed by atoms with Crippen LogP contribution in [0.5, 0.6) is 11.5 Å². The Morgan fingerprint density at radius 3 is 2.59 bits per heavy atom. The lowest BCUT2D eigenvalue weighted by atomic mass is 10.1. The van der Waals surface area contributed by atoms with Crippen LogP contribution in [-0.2, 0) is 14.9 Å². The lowest BCUT2D eigenvalue weighted by molar-refractivity contribution is -0.113. The van der Waals surface area contributed by atoms with Crippen molar-refractivity contribution in [2.24, 2.45) is 0 Å². The van der Waals surface area contributed by atoms with Crippen LogP contribution < -0.4 is 13.8 Å². The van der Waals surface area contributed by atoms with Crippen molar-refractivity contribution in [3.63, 3.8) is 0 Å². The number of carbonyl (C=O) groups is 1. The molecule has 1 amide bonds. The van der Waals surface area contributed by atoms with Crippen LogP contribution >= 0.6 is 35.6 Å². The molecule has 0 unspecified atom stereocenters. The Kier molecular flexibility index (Phi) is 6.23. The van der Waals surface area contributed by atoms with Gasteiger partial charge in [0.2, 0.25) is 5.75 Å². The molecular weight excluding hydrogens is 454 g/mol. The molecule has 152 valence electrons. The first-order valence-corrected chi connectivity index (χ1v) is 11.6. The first-order valence-electron chi connectivity index (χ1n) is 8.20. The van der Waals surface area contributed by atoms with E-state index in [-0.39, 0.29) is 22.4 Å². The Balaban J connectivity index is 1.97. The Hall–Kier alpha value is -2.07. The second-order valence-corrected chi connectivity index (χ2v) is 9.84. The normalized spacial score (nSPS) is 15.9. The highest BCUT2D eigenvalue weighted by atomic mass is 35.5. The molecule has 0 saturated carbocycles. The SMILES string of the molecule is COc1cc(/C=C2\SC(=S)N(c3cccc(C)c3)C2=O)cc(Cl)c1OS(C)(=O)=O. The van der Waals surface area contributed by atoms with E-state index in [1.54, 1.807) is 6.08 Å². The zero-order chi connectivity index (χ0) is 21.3. The smallest absolute Gasteiger partial charge is 0.306 e. The molecule has 10 heteroatoms. The summed E-state index contributed by atoms with van der Waals surface area (Å²) in [6, 6.07) is 10.5. The van der Waals surface area contributed by atoms with Gasteiger partial charge in [0.25, 0.3) is 5.91 Å². The van der Waals surface area contributed by atoms with Crippen molar-refractivity contribution in [1.82, 2.24) is 0 Å². The maximum absolute atomic E-state index is 12.9. The standard InChI is InChI=1S/C19H16ClNO5S3/c1-11-5-4-6-13(7-11)21-18(22)16(28-19(21)27)10-12-8-14(20)17(15(9-12)25-2)26-29(3,23)24/h4-10H,1-3H3/b16-10-. The van der Waals surface area contributed by atoms with Crippen molar-refractivity contribution in [3.8, 4) is 11.5 Å². The number of benzene rings is 2. The second-order valence-electron chi connectivity index (χ2n) is 6.18. The maximum atomic E-state index is 12.9. The van der Waals surface area contributed by atoms with Gasteiger partial charge in [-0.15, -0.1) is 0 Å². The van der Waals surface area contributed by atoms with Crippen molar-refractivity contribution in [2.75, 3.05) is 18.3 Å². The molecule has 1 saturated heterocycles. The summed E-state index contributed by atoms with van der Waals surface area (Å²) in [5.74, 6) is -0.235. The summed E-state index contributed by atoms with van der Waals surface area (Å²) >= 11 is 12.7. The van der Waals surface area contributed by atoms with Gasteiger partial charge in [-0.2, -0.15) is 8.42 Å². The summed E-state index contributed by atoms with van der Waals surface area (Å²) in [7, 11) is -2.42. The fraction of sp³-hybridized carbons (Fsp3) is 0.158. The van der Waals surface area contributed by atoms with Crippen LogP contribution in [0, 0.1) is 6.92 Å². The zero-order valence-corrected chi connectivity index (χ0v) is 18.8. The minimum Gasteiger partial charge on any atom is -0.493 e. The van der Waals surface area contributed by atoms with Crippen molar-refractivity contribution >= 4 is 67.7 Å². The van der Waals surface area contributed by atoms with Gasteiger partial charge in [-0.3, -0.25) is 9.69 Å². The molecule has 2 aromatic rings. The molecule has 0 spiro atoms. The Morgan fingerprint density at radius 1 is 1.24 bits per heavy atom. The molecule has 0 atom stereocenters. The Bertz CT molecular complexity index is 1140. The third-order valence-corrected chi connectivity index (χ3v) is 5.89. The Labute approximate surface area is 183 Å². The van der Waals surface area contributed by atoms with Crippen LogP contribution in [0.25, 0.3) is 6.08 Å². The number of hydrogen-bond donors (Lipinski definition) is 0. The zero-order valence-electron chi connectivity index (χ0n) is 15.6. The number of ether oxygens (including phenoxy) is 1. The van der Waals surface area contributed by atoms with E-state index in [1.165, 1.54) is 35.9 Å². The van der Waals surface area contributed by atoms with Crippen molar-refractivity contribution in [2.45, 2.75) is 6.92 Å². The Morgan fingerprint density at radius 2 is 1.97 bits per heavy atom. The lowest BCUT2D eigenvalue weighted by Crippen LogP contribution is -2.27. The van der Waals surface area contributed by atoms with Crippen LogP contribution in [0.4, 0.5) is 5.69 Å². The summed E-state index contributed by atoms with van der Waals surface area (Å²) in [6.07, 6.45) is 2.53. The van der Waals surface area contributed by atoms with Crippen LogP contribution in [0.1, 0.15) is 11.1 Å². The van der Waals surface area contributed by atoms with Crippen LogP contribution in [0.3, 0.4) is 0 Å². The predicted molar refractivity (Wildman–Crippen MR) is 120 cm³/mol. The first-order chi connectivity index (χ1) is 13.6. The lowest BCUT2D eigenvalue weighted by Gasteiger charge is -2.15. The van der Waals surface area contributed by atoms with E-state index < -0.39 is 10.1 Å². The average molecular weight is 470 g/mol. The van der Waals surface area contributed by atoms with Crippen molar-refractivity contribution in [3.05, 3.63) is 57.5 Å². The molecule has 0 N–H and O–H groups in total. The van der Waals surface area contributed by atoms with E-state index in [4.69, 9.17) is 32.7 Å². The topological polar surface area (TPSA) is 72.9 Å². The fourth-order valence-corrected chi connectivity index (χ4v) is 4.74. The molecule has 1 heterocycles. The minimum atomic E-state index is -3.79. The largest absolute Gasteiger partial charge is 0.493 e. The highest BCUT2D eigenvalue weighted by Crippen LogP contribution is 2.40. The van der Waals surface area contributed by atoms with Gasteiger partial charge in [0.1, 0.15) is 0 Å². The van der Waals surface area contributed by atoms with Crippen molar-refractivity contribution < 1.29 is 22.1 Å². The summed E-state index contributed by atoms with van der Waals surface area (Å²) in [5.41, 5.74) is 2.25. The highest BCUT2D eigenvalue weighted by molar-refractivity contribution is 8.27. The molecule has 29 heavy (non-hydrogen) atoms. The molecule has 1 fully saturated rings. The van der Waals surface area contributed by atoms with Gasteiger partial charge in [-0.25, -0.2) is 0 Å². The molecule has 0 aliphatic carbocycles. The maximum Gasteiger partial charge on any atom is 0.306 e. The molecule has 0 radical (unpaired) electrons. The number of aryl methyl sites for hydroxylation is 1. The van der Waals surface area contributed by atoms with E-state index in [0.717, 1.165) is 11.8 Å². The van der Waals surface area contributed by atoms with Gasteiger partial charge in [-0.05, 0) is 48.4 Å². The van der Waals surface area contributed by atoms with Gasteiger partial charge in [-0.1, -0.05) is 47.7 Å². The molecule has 1 aliphatic heterocycles. The molecule has 6 nitrogen and oxygen atoms in total. The van der Waals surface area contributed by atoms with Crippen LogP contribution in [0.15, 0.2) is 41.3 Å². The van der Waals surface area contributed by atoms with E-state index in [2.05, 4.69) is 0 Å². The molecule has 0 bridgehead atoms. The third-order valence-electron chi connectivity index (χ3n) is 3.84.